The van der Waals surface area contributed by atoms with E-state index in [-0.39, 0.29) is 18.3 Å². The van der Waals surface area contributed by atoms with Crippen molar-refractivity contribution in [3.8, 4) is 23.1 Å². The standard InChI is InChI=1S/C21H22N4O6/c1-13(26)22-15-6-5-7-16(11-15)25-21(28)24(20(27)19(23-25)31-4)12-14-8-9-17(29-2)18(10-14)30-3/h5-11H,12H2,1-4H3,(H,22,26). The average molecular weight is 426 g/mol. The molecule has 0 atom stereocenters. The Kier molecular flexibility index (Phi) is 6.39. The highest BCUT2D eigenvalue weighted by molar-refractivity contribution is 5.88. The van der Waals surface area contributed by atoms with Crippen LogP contribution in [0.25, 0.3) is 5.69 Å². The Morgan fingerprint density at radius 3 is 2.39 bits per heavy atom. The lowest BCUT2D eigenvalue weighted by atomic mass is 10.2. The first-order valence-corrected chi connectivity index (χ1v) is 9.25. The molecule has 0 radical (unpaired) electrons. The average Bonchev–Trinajstić information content (AvgIpc) is 2.76. The van der Waals surface area contributed by atoms with Crippen molar-refractivity contribution in [2.45, 2.75) is 13.5 Å². The third-order valence-electron chi connectivity index (χ3n) is 4.42. The molecule has 3 aromatic rings. The molecule has 0 aliphatic heterocycles. The van der Waals surface area contributed by atoms with Crippen LogP contribution in [0, 0.1) is 0 Å². The van der Waals surface area contributed by atoms with Crippen LogP contribution in [-0.4, -0.2) is 41.6 Å². The Morgan fingerprint density at radius 1 is 1.00 bits per heavy atom. The van der Waals surface area contributed by atoms with Gasteiger partial charge in [-0.1, -0.05) is 12.1 Å². The molecular weight excluding hydrogens is 404 g/mol. The van der Waals surface area contributed by atoms with Crippen molar-refractivity contribution in [1.82, 2.24) is 14.3 Å². The highest BCUT2D eigenvalue weighted by Crippen LogP contribution is 2.27. The van der Waals surface area contributed by atoms with Gasteiger partial charge in [-0.15, -0.1) is 5.10 Å². The van der Waals surface area contributed by atoms with Gasteiger partial charge in [-0.2, -0.15) is 4.68 Å². The topological polar surface area (TPSA) is 114 Å². The fourth-order valence-corrected chi connectivity index (χ4v) is 3.01. The molecule has 0 aliphatic rings. The van der Waals surface area contributed by atoms with E-state index in [1.807, 2.05) is 0 Å². The van der Waals surface area contributed by atoms with Crippen LogP contribution in [-0.2, 0) is 11.3 Å². The molecule has 0 unspecified atom stereocenters. The van der Waals surface area contributed by atoms with E-state index in [1.54, 1.807) is 42.5 Å². The summed E-state index contributed by atoms with van der Waals surface area (Å²) < 4.78 is 17.7. The van der Waals surface area contributed by atoms with Crippen LogP contribution in [0.4, 0.5) is 5.69 Å². The molecule has 2 aromatic carbocycles. The molecule has 10 nitrogen and oxygen atoms in total. The van der Waals surface area contributed by atoms with Crippen molar-refractivity contribution in [2.24, 2.45) is 0 Å². The number of carbonyl (C=O) groups is 1. The Hall–Kier alpha value is -4.08. The summed E-state index contributed by atoms with van der Waals surface area (Å²) in [5.74, 6) is 0.494. The Morgan fingerprint density at radius 2 is 1.74 bits per heavy atom. The number of rotatable bonds is 7. The van der Waals surface area contributed by atoms with Crippen LogP contribution in [0.3, 0.4) is 0 Å². The SMILES string of the molecule is COc1ccc(Cn2c(=O)c(OC)nn(-c3cccc(NC(C)=O)c3)c2=O)cc1OC. The van der Waals surface area contributed by atoms with Crippen molar-refractivity contribution in [3.63, 3.8) is 0 Å². The second-order valence-corrected chi connectivity index (χ2v) is 6.52. The van der Waals surface area contributed by atoms with Gasteiger partial charge in [0.15, 0.2) is 11.5 Å². The molecule has 0 saturated heterocycles. The molecule has 0 aliphatic carbocycles. The number of amides is 1. The lowest BCUT2D eigenvalue weighted by Crippen LogP contribution is -2.41. The van der Waals surface area contributed by atoms with E-state index in [0.29, 0.717) is 28.4 Å². The fraction of sp³-hybridized carbons (Fsp3) is 0.238. The molecule has 0 spiro atoms. The van der Waals surface area contributed by atoms with Crippen molar-refractivity contribution < 1.29 is 19.0 Å². The smallest absolute Gasteiger partial charge is 0.352 e. The molecule has 1 N–H and O–H groups in total. The molecule has 3 rings (SSSR count). The van der Waals surface area contributed by atoms with Gasteiger partial charge >= 0.3 is 11.2 Å². The maximum absolute atomic E-state index is 13.1. The second-order valence-electron chi connectivity index (χ2n) is 6.52. The number of aromatic nitrogens is 3. The van der Waals surface area contributed by atoms with Gasteiger partial charge in [0.05, 0.1) is 33.6 Å². The zero-order chi connectivity index (χ0) is 22.5. The number of carbonyl (C=O) groups excluding carboxylic acids is 1. The van der Waals surface area contributed by atoms with Crippen molar-refractivity contribution in [2.75, 3.05) is 26.6 Å². The van der Waals surface area contributed by atoms with Gasteiger partial charge in [-0.05, 0) is 35.9 Å². The number of hydrogen-bond donors (Lipinski definition) is 1. The van der Waals surface area contributed by atoms with Crippen molar-refractivity contribution in [3.05, 3.63) is 68.9 Å². The van der Waals surface area contributed by atoms with Crippen molar-refractivity contribution >= 4 is 11.6 Å². The molecule has 0 fully saturated rings. The molecule has 162 valence electrons. The van der Waals surface area contributed by atoms with Crippen LogP contribution < -0.4 is 30.8 Å². The first kappa shape index (κ1) is 21.6. The summed E-state index contributed by atoms with van der Waals surface area (Å²) in [4.78, 5) is 37.2. The van der Waals surface area contributed by atoms with Gasteiger partial charge in [-0.3, -0.25) is 9.59 Å². The molecule has 31 heavy (non-hydrogen) atoms. The zero-order valence-electron chi connectivity index (χ0n) is 17.5. The Balaban J connectivity index is 2.12. The van der Waals surface area contributed by atoms with E-state index in [1.165, 1.54) is 28.3 Å². The highest BCUT2D eigenvalue weighted by atomic mass is 16.5. The van der Waals surface area contributed by atoms with Crippen LogP contribution in [0.2, 0.25) is 0 Å². The second kappa shape index (κ2) is 9.16. The molecule has 0 bridgehead atoms. The summed E-state index contributed by atoms with van der Waals surface area (Å²) in [7, 11) is 4.31. The van der Waals surface area contributed by atoms with Gasteiger partial charge in [0.2, 0.25) is 5.91 Å². The first-order chi connectivity index (χ1) is 14.9. The highest BCUT2D eigenvalue weighted by Gasteiger charge is 2.16. The normalized spacial score (nSPS) is 10.5. The minimum absolute atomic E-state index is 0.0394. The molecule has 1 heterocycles. The number of anilines is 1. The van der Waals surface area contributed by atoms with E-state index in [4.69, 9.17) is 14.2 Å². The summed E-state index contributed by atoms with van der Waals surface area (Å²) in [6.45, 7) is 1.34. The lowest BCUT2D eigenvalue weighted by molar-refractivity contribution is -0.114. The monoisotopic (exact) mass is 426 g/mol. The quantitative estimate of drug-likeness (QED) is 0.608. The number of nitrogens with one attached hydrogen (secondary N) is 1. The third-order valence-corrected chi connectivity index (χ3v) is 4.42. The molecule has 10 heteroatoms. The summed E-state index contributed by atoms with van der Waals surface area (Å²) >= 11 is 0. The first-order valence-electron chi connectivity index (χ1n) is 9.25. The maximum atomic E-state index is 13.1. The predicted octanol–water partition coefficient (Wildman–Crippen LogP) is 1.43. The van der Waals surface area contributed by atoms with E-state index >= 15 is 0 Å². The van der Waals surface area contributed by atoms with E-state index in [9.17, 15) is 14.4 Å². The largest absolute Gasteiger partial charge is 0.493 e. The summed E-state index contributed by atoms with van der Waals surface area (Å²) in [5.41, 5.74) is 0.145. The van der Waals surface area contributed by atoms with Crippen LogP contribution in [0.15, 0.2) is 52.1 Å². The number of nitrogens with zero attached hydrogens (tertiary/aromatic N) is 3. The molecule has 0 saturated carbocycles. The number of benzene rings is 2. The molecule has 1 amide bonds. The van der Waals surface area contributed by atoms with E-state index < -0.39 is 11.2 Å². The predicted molar refractivity (Wildman–Crippen MR) is 114 cm³/mol. The van der Waals surface area contributed by atoms with E-state index in [0.717, 1.165) is 9.25 Å². The number of methoxy groups -OCH3 is 3. The molecular formula is C21H22N4O6. The van der Waals surface area contributed by atoms with Gasteiger partial charge in [0.25, 0.3) is 5.88 Å². The van der Waals surface area contributed by atoms with Crippen LogP contribution in [0.5, 0.6) is 17.4 Å². The van der Waals surface area contributed by atoms with Crippen molar-refractivity contribution in [1.29, 1.82) is 0 Å². The summed E-state index contributed by atoms with van der Waals surface area (Å²) in [6.07, 6.45) is 0. The fourth-order valence-electron chi connectivity index (χ4n) is 3.01. The molecule has 1 aromatic heterocycles. The van der Waals surface area contributed by atoms with Crippen LogP contribution >= 0.6 is 0 Å². The number of hydrogen-bond acceptors (Lipinski definition) is 7. The van der Waals surface area contributed by atoms with Crippen LogP contribution in [0.1, 0.15) is 12.5 Å². The van der Waals surface area contributed by atoms with E-state index in [2.05, 4.69) is 10.4 Å². The number of ether oxygens (including phenoxy) is 3. The van der Waals surface area contributed by atoms with Gasteiger partial charge in [0, 0.05) is 12.6 Å². The van der Waals surface area contributed by atoms with Gasteiger partial charge in [0.1, 0.15) is 0 Å². The van der Waals surface area contributed by atoms with Gasteiger partial charge in [-0.25, -0.2) is 9.36 Å². The zero-order valence-corrected chi connectivity index (χ0v) is 17.5. The maximum Gasteiger partial charge on any atom is 0.352 e. The summed E-state index contributed by atoms with van der Waals surface area (Å²) in [6, 6.07) is 11.6. The summed E-state index contributed by atoms with van der Waals surface area (Å²) in [5, 5.41) is 6.68. The Bertz CT molecular complexity index is 1230. The third kappa shape index (κ3) is 4.58. The minimum Gasteiger partial charge on any atom is -0.493 e. The Labute approximate surface area is 177 Å². The van der Waals surface area contributed by atoms with Gasteiger partial charge < -0.3 is 19.5 Å². The lowest BCUT2D eigenvalue weighted by Gasteiger charge is -2.13. The minimum atomic E-state index is -0.670.